The van der Waals surface area contributed by atoms with Gasteiger partial charge in [0.25, 0.3) is 0 Å². The normalized spacial score (nSPS) is 12.9. The number of rotatable bonds is 52. The van der Waals surface area contributed by atoms with Crippen molar-refractivity contribution < 1.29 is 24.5 Å². The highest BCUT2D eigenvalue weighted by atomic mass is 16.5. The van der Waals surface area contributed by atoms with Gasteiger partial charge < -0.3 is 20.3 Å². The molecule has 0 spiro atoms. The molecule has 0 fully saturated rings. The van der Waals surface area contributed by atoms with E-state index < -0.39 is 12.1 Å². The zero-order valence-electron chi connectivity index (χ0n) is 42.8. The van der Waals surface area contributed by atoms with Gasteiger partial charge in [-0.1, -0.05) is 256 Å². The smallest absolute Gasteiger partial charge is 0.305 e. The summed E-state index contributed by atoms with van der Waals surface area (Å²) in [5.41, 5.74) is 0. The van der Waals surface area contributed by atoms with Crippen molar-refractivity contribution in [3.05, 3.63) is 36.5 Å². The maximum atomic E-state index is 12.4. The lowest BCUT2D eigenvalue weighted by molar-refractivity contribution is -0.143. The molecule has 6 nitrogen and oxygen atoms in total. The number of carbonyl (C=O) groups is 2. The molecule has 0 aliphatic carbocycles. The summed E-state index contributed by atoms with van der Waals surface area (Å²) in [6.07, 6.45) is 65.8. The molecule has 0 aromatic heterocycles. The molecule has 0 aromatic rings. The standard InChI is InChI=1S/C58H109NO5/c1-3-5-7-9-11-13-15-17-18-24-28-32-36-40-44-48-52-58(63)64-53-49-45-41-37-33-29-25-22-20-19-21-23-27-31-35-39-43-47-51-57(62)59-55(54-60)56(61)50-46-42-38-34-30-26-16-14-12-10-8-6-4-2/h13,15,18,24,46,50,55-56,60-61H,3-12,14,16-17,19-23,25-45,47-49,51-54H2,1-2H3,(H,59,62)/b15-13-,24-18-,50-46+. The second kappa shape index (κ2) is 53.7. The summed E-state index contributed by atoms with van der Waals surface area (Å²) in [5.74, 6) is -0.0800. The molecule has 0 bridgehead atoms. The molecular formula is C58H109NO5. The van der Waals surface area contributed by atoms with Crippen molar-refractivity contribution in [2.24, 2.45) is 0 Å². The summed E-state index contributed by atoms with van der Waals surface area (Å²) in [7, 11) is 0. The number of hydrogen-bond donors (Lipinski definition) is 3. The summed E-state index contributed by atoms with van der Waals surface area (Å²) < 4.78 is 5.47. The molecule has 0 aliphatic rings. The monoisotopic (exact) mass is 900 g/mol. The molecule has 0 aliphatic heterocycles. The molecule has 0 saturated carbocycles. The van der Waals surface area contributed by atoms with Gasteiger partial charge in [-0.25, -0.2) is 0 Å². The van der Waals surface area contributed by atoms with E-state index in [4.69, 9.17) is 4.74 Å². The first-order chi connectivity index (χ1) is 31.5. The number of nitrogens with one attached hydrogen (secondary N) is 1. The van der Waals surface area contributed by atoms with Crippen LogP contribution in [-0.4, -0.2) is 47.4 Å². The van der Waals surface area contributed by atoms with Crippen LogP contribution >= 0.6 is 0 Å². The quantitative estimate of drug-likeness (QED) is 0.0321. The van der Waals surface area contributed by atoms with Gasteiger partial charge in [-0.15, -0.1) is 0 Å². The molecule has 0 heterocycles. The predicted molar refractivity (Wildman–Crippen MR) is 278 cm³/mol. The van der Waals surface area contributed by atoms with E-state index in [2.05, 4.69) is 43.5 Å². The zero-order chi connectivity index (χ0) is 46.5. The van der Waals surface area contributed by atoms with Crippen LogP contribution < -0.4 is 5.32 Å². The first-order valence-corrected chi connectivity index (χ1v) is 28.3. The fourth-order valence-electron chi connectivity index (χ4n) is 8.55. The SMILES string of the molecule is CCCCCC/C=C\C/C=C\CCCCCCCC(=O)OCCCCCCCCCCCCCCCCCCCCC(=O)NC(CO)C(O)/C=C/CCCCCCCCCCCCC. The van der Waals surface area contributed by atoms with E-state index in [0.29, 0.717) is 19.4 Å². The number of carbonyl (C=O) groups excluding carboxylic acids is 2. The van der Waals surface area contributed by atoms with E-state index in [1.165, 1.54) is 218 Å². The van der Waals surface area contributed by atoms with Crippen LogP contribution in [0.25, 0.3) is 0 Å². The lowest BCUT2D eigenvalue weighted by Crippen LogP contribution is -2.45. The third-order valence-electron chi connectivity index (χ3n) is 12.9. The first kappa shape index (κ1) is 62.1. The van der Waals surface area contributed by atoms with Gasteiger partial charge in [-0.2, -0.15) is 0 Å². The van der Waals surface area contributed by atoms with Crippen molar-refractivity contribution in [1.82, 2.24) is 5.32 Å². The highest BCUT2D eigenvalue weighted by Crippen LogP contribution is 2.16. The van der Waals surface area contributed by atoms with Gasteiger partial charge in [-0.05, 0) is 64.2 Å². The number of ether oxygens (including phenoxy) is 1. The van der Waals surface area contributed by atoms with E-state index in [-0.39, 0.29) is 18.5 Å². The molecule has 0 radical (unpaired) electrons. The van der Waals surface area contributed by atoms with Crippen molar-refractivity contribution in [3.8, 4) is 0 Å². The maximum Gasteiger partial charge on any atom is 0.305 e. The van der Waals surface area contributed by atoms with Gasteiger partial charge >= 0.3 is 5.97 Å². The van der Waals surface area contributed by atoms with Crippen molar-refractivity contribution >= 4 is 11.9 Å². The molecule has 2 atom stereocenters. The van der Waals surface area contributed by atoms with E-state index in [0.717, 1.165) is 51.4 Å². The van der Waals surface area contributed by atoms with Gasteiger partial charge in [0.05, 0.1) is 25.4 Å². The van der Waals surface area contributed by atoms with Crippen LogP contribution in [0.4, 0.5) is 0 Å². The predicted octanol–water partition coefficient (Wildman–Crippen LogP) is 17.2. The van der Waals surface area contributed by atoms with Crippen LogP contribution in [0.2, 0.25) is 0 Å². The van der Waals surface area contributed by atoms with Crippen LogP contribution in [0.5, 0.6) is 0 Å². The van der Waals surface area contributed by atoms with E-state index >= 15 is 0 Å². The average molecular weight is 901 g/mol. The number of hydrogen-bond acceptors (Lipinski definition) is 5. The molecule has 0 rings (SSSR count). The van der Waals surface area contributed by atoms with Gasteiger partial charge in [0.2, 0.25) is 5.91 Å². The highest BCUT2D eigenvalue weighted by molar-refractivity contribution is 5.76. The Morgan fingerprint density at radius 2 is 0.781 bits per heavy atom. The largest absolute Gasteiger partial charge is 0.466 e. The Kier molecular flexibility index (Phi) is 52.1. The Morgan fingerprint density at radius 3 is 1.20 bits per heavy atom. The van der Waals surface area contributed by atoms with Gasteiger partial charge in [0.1, 0.15) is 0 Å². The molecule has 64 heavy (non-hydrogen) atoms. The van der Waals surface area contributed by atoms with Crippen LogP contribution in [-0.2, 0) is 14.3 Å². The fourth-order valence-corrected chi connectivity index (χ4v) is 8.55. The minimum atomic E-state index is -0.847. The summed E-state index contributed by atoms with van der Waals surface area (Å²) in [5, 5.41) is 23.1. The third kappa shape index (κ3) is 49.5. The summed E-state index contributed by atoms with van der Waals surface area (Å²) in [6.45, 7) is 4.87. The van der Waals surface area contributed by atoms with E-state index in [1.807, 2.05) is 6.08 Å². The molecule has 3 N–H and O–H groups in total. The molecule has 1 amide bonds. The van der Waals surface area contributed by atoms with Gasteiger partial charge in [0.15, 0.2) is 0 Å². The second-order valence-electron chi connectivity index (χ2n) is 19.3. The summed E-state index contributed by atoms with van der Waals surface area (Å²) in [4.78, 5) is 24.5. The highest BCUT2D eigenvalue weighted by Gasteiger charge is 2.18. The first-order valence-electron chi connectivity index (χ1n) is 28.3. The molecule has 0 aromatic carbocycles. The Bertz CT molecular complexity index is 1040. The molecule has 376 valence electrons. The van der Waals surface area contributed by atoms with Crippen molar-refractivity contribution in [1.29, 1.82) is 0 Å². The number of esters is 1. The van der Waals surface area contributed by atoms with Crippen LogP contribution in [0, 0.1) is 0 Å². The number of allylic oxidation sites excluding steroid dienone is 5. The van der Waals surface area contributed by atoms with Gasteiger partial charge in [0, 0.05) is 12.8 Å². The number of amides is 1. The molecule has 6 heteroatoms. The number of aliphatic hydroxyl groups is 2. The topological polar surface area (TPSA) is 95.9 Å². The van der Waals surface area contributed by atoms with Crippen molar-refractivity contribution in [2.75, 3.05) is 13.2 Å². The van der Waals surface area contributed by atoms with E-state index in [1.54, 1.807) is 6.08 Å². The Labute approximate surface area is 398 Å². The zero-order valence-corrected chi connectivity index (χ0v) is 42.8. The summed E-state index contributed by atoms with van der Waals surface area (Å²) in [6, 6.07) is -0.631. The number of unbranched alkanes of at least 4 members (excludes halogenated alkanes) is 37. The van der Waals surface area contributed by atoms with E-state index in [9.17, 15) is 19.8 Å². The maximum absolute atomic E-state index is 12.4. The fraction of sp³-hybridized carbons (Fsp3) is 0.862. The Morgan fingerprint density at radius 1 is 0.438 bits per heavy atom. The Hall–Kier alpha value is -1.92. The van der Waals surface area contributed by atoms with Crippen molar-refractivity contribution in [3.63, 3.8) is 0 Å². The Balaban J connectivity index is 3.43. The molecule has 2 unspecified atom stereocenters. The van der Waals surface area contributed by atoms with Gasteiger partial charge in [-0.3, -0.25) is 9.59 Å². The third-order valence-corrected chi connectivity index (χ3v) is 12.9. The molecular weight excluding hydrogens is 791 g/mol. The molecule has 0 saturated heterocycles. The minimum absolute atomic E-state index is 0.00730. The minimum Gasteiger partial charge on any atom is -0.466 e. The summed E-state index contributed by atoms with van der Waals surface area (Å²) >= 11 is 0. The lowest BCUT2D eigenvalue weighted by Gasteiger charge is -2.20. The number of aliphatic hydroxyl groups excluding tert-OH is 2. The van der Waals surface area contributed by atoms with Crippen LogP contribution in [0.3, 0.4) is 0 Å². The second-order valence-corrected chi connectivity index (χ2v) is 19.3. The average Bonchev–Trinajstić information content (AvgIpc) is 3.29. The lowest BCUT2D eigenvalue weighted by atomic mass is 10.0. The van der Waals surface area contributed by atoms with Crippen LogP contribution in [0.15, 0.2) is 36.5 Å². The van der Waals surface area contributed by atoms with Crippen molar-refractivity contribution in [2.45, 2.75) is 309 Å². The van der Waals surface area contributed by atoms with Crippen LogP contribution in [0.1, 0.15) is 296 Å².